The van der Waals surface area contributed by atoms with Gasteiger partial charge in [-0.15, -0.1) is 11.3 Å². The van der Waals surface area contributed by atoms with Crippen LogP contribution in [0.15, 0.2) is 224 Å². The van der Waals surface area contributed by atoms with Crippen molar-refractivity contribution in [2.24, 2.45) is 0 Å². The molecule has 0 N–H and O–H groups in total. The Labute approximate surface area is 362 Å². The summed E-state index contributed by atoms with van der Waals surface area (Å²) in [6, 6.07) is 81.9. The third-order valence-electron chi connectivity index (χ3n) is 12.5. The first-order chi connectivity index (χ1) is 30.0. The Balaban J connectivity index is 0.919. The smallest absolute Gasteiger partial charge is 0.0462 e. The third-order valence-corrected chi connectivity index (χ3v) is 13.7. The number of anilines is 3. The molecular formula is C59H43NS. The van der Waals surface area contributed by atoms with Crippen molar-refractivity contribution < 1.29 is 0 Å². The van der Waals surface area contributed by atoms with Gasteiger partial charge in [0.2, 0.25) is 0 Å². The van der Waals surface area contributed by atoms with Crippen LogP contribution in [-0.4, -0.2) is 0 Å². The molecule has 61 heavy (non-hydrogen) atoms. The van der Waals surface area contributed by atoms with Gasteiger partial charge in [0.25, 0.3) is 0 Å². The van der Waals surface area contributed by atoms with Gasteiger partial charge < -0.3 is 4.90 Å². The molecule has 0 atom stereocenters. The Bertz CT molecular complexity index is 3020. The molecule has 10 aromatic rings. The van der Waals surface area contributed by atoms with Crippen molar-refractivity contribution in [2.75, 3.05) is 4.90 Å². The summed E-state index contributed by atoms with van der Waals surface area (Å²) in [5.74, 6) is 0. The van der Waals surface area contributed by atoms with Gasteiger partial charge in [-0.1, -0.05) is 190 Å². The lowest BCUT2D eigenvalue weighted by atomic mass is 9.80. The van der Waals surface area contributed by atoms with Crippen molar-refractivity contribution in [1.82, 2.24) is 0 Å². The zero-order valence-corrected chi connectivity index (χ0v) is 35.0. The fourth-order valence-corrected chi connectivity index (χ4v) is 10.7. The standard InChI is InChI=1S/C59H43NS/c1-59(2)55-39-49(31-38-53(55)58-57(59)54-15-9-10-16-56(54)61-58)48-29-36-52(37-30-48)60(50-32-25-46(26-33-50)44-21-17-42(18-22-44)40-11-5-3-6-12-40)51-34-27-47(28-35-51)45-23-19-43(20-24-45)41-13-7-4-8-14-41/h3-39H,1-2H3. The Morgan fingerprint density at radius 2 is 0.689 bits per heavy atom. The predicted molar refractivity (Wildman–Crippen MR) is 261 cm³/mol. The van der Waals surface area contributed by atoms with Crippen molar-refractivity contribution in [3.8, 4) is 66.1 Å². The van der Waals surface area contributed by atoms with Gasteiger partial charge in [0.05, 0.1) is 0 Å². The average Bonchev–Trinajstić information content (AvgIpc) is 3.83. The molecule has 1 aliphatic carbocycles. The first-order valence-corrected chi connectivity index (χ1v) is 21.9. The van der Waals surface area contributed by atoms with Crippen LogP contribution in [0.1, 0.15) is 25.0 Å². The number of thiophene rings is 1. The Hall–Kier alpha value is -7.26. The highest BCUT2D eigenvalue weighted by Crippen LogP contribution is 2.56. The van der Waals surface area contributed by atoms with Crippen LogP contribution in [0.2, 0.25) is 0 Å². The number of benzene rings is 9. The van der Waals surface area contributed by atoms with E-state index in [-0.39, 0.29) is 5.41 Å². The molecule has 1 aliphatic rings. The highest BCUT2D eigenvalue weighted by molar-refractivity contribution is 7.22. The van der Waals surface area contributed by atoms with Gasteiger partial charge in [-0.25, -0.2) is 0 Å². The lowest BCUT2D eigenvalue weighted by molar-refractivity contribution is 0.667. The van der Waals surface area contributed by atoms with Crippen LogP contribution >= 0.6 is 11.3 Å². The molecular weight excluding hydrogens is 755 g/mol. The van der Waals surface area contributed by atoms with Crippen molar-refractivity contribution in [2.45, 2.75) is 19.3 Å². The molecule has 9 aromatic carbocycles. The predicted octanol–water partition coefficient (Wildman–Crippen LogP) is 17.0. The van der Waals surface area contributed by atoms with Crippen LogP contribution < -0.4 is 4.90 Å². The SMILES string of the molecule is CC1(C)c2cc(-c3ccc(N(c4ccc(-c5ccc(-c6ccccc6)cc5)cc4)c4ccc(-c5ccc(-c6ccccc6)cc5)cc4)cc3)ccc2-c2sc3ccccc3c21. The van der Waals surface area contributed by atoms with Crippen LogP contribution in [0.5, 0.6) is 0 Å². The molecule has 0 amide bonds. The normalized spacial score (nSPS) is 12.6. The third kappa shape index (κ3) is 6.66. The zero-order valence-electron chi connectivity index (χ0n) is 34.2. The molecule has 2 heteroatoms. The molecule has 11 rings (SSSR count). The minimum absolute atomic E-state index is 0.0663. The largest absolute Gasteiger partial charge is 0.311 e. The van der Waals surface area contributed by atoms with Gasteiger partial charge in [0, 0.05) is 32.1 Å². The van der Waals surface area contributed by atoms with E-state index in [2.05, 4.69) is 243 Å². The molecule has 0 saturated carbocycles. The van der Waals surface area contributed by atoms with E-state index < -0.39 is 0 Å². The van der Waals surface area contributed by atoms with Gasteiger partial charge >= 0.3 is 0 Å². The molecule has 290 valence electrons. The Morgan fingerprint density at radius 3 is 1.13 bits per heavy atom. The summed E-state index contributed by atoms with van der Waals surface area (Å²) in [5, 5.41) is 1.39. The quantitative estimate of drug-likeness (QED) is 0.148. The molecule has 0 fully saturated rings. The summed E-state index contributed by atoms with van der Waals surface area (Å²) < 4.78 is 1.37. The van der Waals surface area contributed by atoms with E-state index in [1.54, 1.807) is 0 Å². The number of rotatable bonds is 8. The zero-order chi connectivity index (χ0) is 40.9. The van der Waals surface area contributed by atoms with Gasteiger partial charge in [0.15, 0.2) is 0 Å². The van der Waals surface area contributed by atoms with Crippen molar-refractivity contribution in [3.63, 3.8) is 0 Å². The monoisotopic (exact) mass is 797 g/mol. The topological polar surface area (TPSA) is 3.24 Å². The number of hydrogen-bond acceptors (Lipinski definition) is 2. The summed E-state index contributed by atoms with van der Waals surface area (Å²) in [4.78, 5) is 3.78. The highest BCUT2D eigenvalue weighted by atomic mass is 32.1. The van der Waals surface area contributed by atoms with Gasteiger partial charge in [-0.2, -0.15) is 0 Å². The van der Waals surface area contributed by atoms with Gasteiger partial charge in [-0.05, 0) is 126 Å². The van der Waals surface area contributed by atoms with E-state index in [9.17, 15) is 0 Å². The summed E-state index contributed by atoms with van der Waals surface area (Å²) in [5.41, 5.74) is 19.6. The second-order valence-corrected chi connectivity index (χ2v) is 17.6. The summed E-state index contributed by atoms with van der Waals surface area (Å²) in [6.07, 6.45) is 0. The lowest BCUT2D eigenvalue weighted by Gasteiger charge is -2.26. The molecule has 0 radical (unpaired) electrons. The van der Waals surface area contributed by atoms with E-state index in [1.807, 2.05) is 11.3 Å². The Kier molecular flexibility index (Phi) is 9.10. The van der Waals surface area contributed by atoms with E-state index >= 15 is 0 Å². The second-order valence-electron chi connectivity index (χ2n) is 16.6. The minimum atomic E-state index is -0.0663. The van der Waals surface area contributed by atoms with Crippen LogP contribution in [0.25, 0.3) is 76.2 Å². The van der Waals surface area contributed by atoms with Gasteiger partial charge in [0.1, 0.15) is 0 Å². The molecule has 0 spiro atoms. The summed E-state index contributed by atoms with van der Waals surface area (Å²) in [7, 11) is 0. The molecule has 0 unspecified atom stereocenters. The van der Waals surface area contributed by atoms with Crippen LogP contribution in [0.4, 0.5) is 17.1 Å². The van der Waals surface area contributed by atoms with Crippen LogP contribution in [0.3, 0.4) is 0 Å². The van der Waals surface area contributed by atoms with Crippen molar-refractivity contribution in [3.05, 3.63) is 236 Å². The molecule has 0 aliphatic heterocycles. The maximum absolute atomic E-state index is 2.43. The number of hydrogen-bond donors (Lipinski definition) is 0. The highest BCUT2D eigenvalue weighted by Gasteiger charge is 2.38. The van der Waals surface area contributed by atoms with Crippen LogP contribution in [-0.2, 0) is 5.41 Å². The minimum Gasteiger partial charge on any atom is -0.311 e. The van der Waals surface area contributed by atoms with Gasteiger partial charge in [-0.3, -0.25) is 0 Å². The maximum Gasteiger partial charge on any atom is 0.0462 e. The maximum atomic E-state index is 2.43. The molecule has 1 aromatic heterocycles. The average molecular weight is 798 g/mol. The number of nitrogens with zero attached hydrogens (tertiary/aromatic N) is 1. The van der Waals surface area contributed by atoms with Crippen molar-refractivity contribution >= 4 is 38.5 Å². The van der Waals surface area contributed by atoms with E-state index in [0.717, 1.165) is 17.1 Å². The fraction of sp³-hybridized carbons (Fsp3) is 0.0508. The van der Waals surface area contributed by atoms with E-state index in [4.69, 9.17) is 0 Å². The number of fused-ring (bicyclic) bond motifs is 5. The van der Waals surface area contributed by atoms with E-state index in [0.29, 0.717) is 0 Å². The molecule has 1 nitrogen and oxygen atoms in total. The first-order valence-electron chi connectivity index (χ1n) is 21.1. The Morgan fingerprint density at radius 1 is 0.344 bits per heavy atom. The summed E-state index contributed by atoms with van der Waals surface area (Å²) >= 11 is 1.93. The lowest BCUT2D eigenvalue weighted by Crippen LogP contribution is -2.15. The fourth-order valence-electron chi connectivity index (χ4n) is 9.26. The van der Waals surface area contributed by atoms with Crippen LogP contribution in [0, 0.1) is 0 Å². The second kappa shape index (κ2) is 15.1. The molecule has 0 saturated heterocycles. The van der Waals surface area contributed by atoms with E-state index in [1.165, 1.54) is 87.3 Å². The summed E-state index contributed by atoms with van der Waals surface area (Å²) in [6.45, 7) is 4.77. The molecule has 0 bridgehead atoms. The molecule has 1 heterocycles. The van der Waals surface area contributed by atoms with Crippen molar-refractivity contribution in [1.29, 1.82) is 0 Å². The first kappa shape index (κ1) is 36.8.